The number of hydrogen-bond donors (Lipinski definition) is 0. The standard InChI is InChI=1S/C16H18O/c1-2-4-12(5-3-1)17-16-10-11-6-7-15(16)14-9-8-13(11)14/h1-5,8-9,11,13-16H,6-7,10H2. The summed E-state index contributed by atoms with van der Waals surface area (Å²) in [6, 6.07) is 10.3. The summed E-state index contributed by atoms with van der Waals surface area (Å²) in [6.07, 6.45) is 9.37. The van der Waals surface area contributed by atoms with Crippen LogP contribution in [-0.2, 0) is 0 Å². The minimum absolute atomic E-state index is 0.461. The number of rotatable bonds is 2. The summed E-state index contributed by atoms with van der Waals surface area (Å²) in [4.78, 5) is 0. The second-order valence-corrected chi connectivity index (χ2v) is 5.75. The predicted molar refractivity (Wildman–Crippen MR) is 67.8 cm³/mol. The van der Waals surface area contributed by atoms with Crippen molar-refractivity contribution in [3.63, 3.8) is 0 Å². The van der Waals surface area contributed by atoms with E-state index in [0.717, 1.165) is 29.4 Å². The summed E-state index contributed by atoms with van der Waals surface area (Å²) in [5, 5.41) is 0. The van der Waals surface area contributed by atoms with Crippen molar-refractivity contribution < 1.29 is 4.74 Å². The van der Waals surface area contributed by atoms with E-state index in [4.69, 9.17) is 4.74 Å². The van der Waals surface area contributed by atoms with Crippen LogP contribution in [0.2, 0.25) is 0 Å². The van der Waals surface area contributed by atoms with Gasteiger partial charge in [0.05, 0.1) is 0 Å². The fourth-order valence-electron chi connectivity index (χ4n) is 4.05. The first-order valence-corrected chi connectivity index (χ1v) is 6.82. The maximum absolute atomic E-state index is 6.21. The van der Waals surface area contributed by atoms with Gasteiger partial charge in [-0.25, -0.2) is 0 Å². The smallest absolute Gasteiger partial charge is 0.119 e. The fraction of sp³-hybridized carbons (Fsp3) is 0.500. The Kier molecular flexibility index (Phi) is 2.08. The van der Waals surface area contributed by atoms with Gasteiger partial charge in [-0.05, 0) is 49.1 Å². The van der Waals surface area contributed by atoms with Gasteiger partial charge in [0.25, 0.3) is 0 Å². The maximum Gasteiger partial charge on any atom is 0.119 e. The summed E-state index contributed by atoms with van der Waals surface area (Å²) >= 11 is 0. The van der Waals surface area contributed by atoms with Crippen molar-refractivity contribution in [3.05, 3.63) is 42.5 Å². The van der Waals surface area contributed by atoms with E-state index in [1.54, 1.807) is 0 Å². The zero-order valence-electron chi connectivity index (χ0n) is 9.96. The highest BCUT2D eigenvalue weighted by atomic mass is 16.5. The third-order valence-corrected chi connectivity index (χ3v) is 4.95. The Hall–Kier alpha value is -1.24. The van der Waals surface area contributed by atoms with Crippen LogP contribution in [0.4, 0.5) is 0 Å². The third kappa shape index (κ3) is 1.45. The van der Waals surface area contributed by atoms with Gasteiger partial charge in [0, 0.05) is 5.92 Å². The van der Waals surface area contributed by atoms with Crippen LogP contribution in [0.15, 0.2) is 42.5 Å². The van der Waals surface area contributed by atoms with E-state index >= 15 is 0 Å². The summed E-state index contributed by atoms with van der Waals surface area (Å²) in [5.41, 5.74) is 0. The minimum atomic E-state index is 0.461. The van der Waals surface area contributed by atoms with Crippen LogP contribution in [0.1, 0.15) is 19.3 Å². The van der Waals surface area contributed by atoms with Crippen molar-refractivity contribution in [1.82, 2.24) is 0 Å². The molecule has 0 heterocycles. The minimum Gasteiger partial charge on any atom is -0.490 e. The van der Waals surface area contributed by atoms with Gasteiger partial charge in [-0.3, -0.25) is 0 Å². The summed E-state index contributed by atoms with van der Waals surface area (Å²) in [5.74, 6) is 4.43. The number of para-hydroxylation sites is 1. The molecule has 0 radical (unpaired) electrons. The highest BCUT2D eigenvalue weighted by molar-refractivity contribution is 5.23. The van der Waals surface area contributed by atoms with E-state index < -0.39 is 0 Å². The second kappa shape index (κ2) is 3.63. The van der Waals surface area contributed by atoms with E-state index in [1.165, 1.54) is 19.3 Å². The average Bonchev–Trinajstić information content (AvgIpc) is 2.31. The molecule has 5 unspecified atom stereocenters. The van der Waals surface area contributed by atoms with Gasteiger partial charge in [0.2, 0.25) is 0 Å². The SMILES string of the molecule is C1=CC2C1C1CCC2C(Oc2ccccc2)C1. The molecule has 5 atom stereocenters. The Labute approximate surface area is 102 Å². The molecule has 88 valence electrons. The molecular formula is C16H18O. The van der Waals surface area contributed by atoms with Gasteiger partial charge in [-0.15, -0.1) is 0 Å². The number of hydrogen-bond acceptors (Lipinski definition) is 1. The molecular weight excluding hydrogens is 208 g/mol. The lowest BCUT2D eigenvalue weighted by Gasteiger charge is -2.54. The Bertz CT molecular complexity index is 436. The van der Waals surface area contributed by atoms with Gasteiger partial charge < -0.3 is 4.74 Å². The molecule has 0 spiro atoms. The first-order chi connectivity index (χ1) is 8.42. The molecule has 3 saturated carbocycles. The van der Waals surface area contributed by atoms with Crippen molar-refractivity contribution in [2.45, 2.75) is 25.4 Å². The van der Waals surface area contributed by atoms with Gasteiger partial charge in [0.1, 0.15) is 11.9 Å². The van der Waals surface area contributed by atoms with Crippen molar-refractivity contribution in [1.29, 1.82) is 0 Å². The van der Waals surface area contributed by atoms with E-state index in [9.17, 15) is 0 Å². The van der Waals surface area contributed by atoms with Crippen LogP contribution in [0.3, 0.4) is 0 Å². The average molecular weight is 226 g/mol. The van der Waals surface area contributed by atoms with Crippen molar-refractivity contribution in [2.24, 2.45) is 23.7 Å². The van der Waals surface area contributed by atoms with Crippen LogP contribution in [0.5, 0.6) is 5.75 Å². The van der Waals surface area contributed by atoms with Crippen LogP contribution in [0, 0.1) is 23.7 Å². The number of benzene rings is 1. The molecule has 0 amide bonds. The van der Waals surface area contributed by atoms with Crippen molar-refractivity contribution in [3.8, 4) is 5.75 Å². The second-order valence-electron chi connectivity index (χ2n) is 5.75. The van der Waals surface area contributed by atoms with Crippen LogP contribution >= 0.6 is 0 Å². The molecule has 2 bridgehead atoms. The molecule has 0 aliphatic heterocycles. The monoisotopic (exact) mass is 226 g/mol. The lowest BCUT2D eigenvalue weighted by Crippen LogP contribution is -2.51. The fourth-order valence-corrected chi connectivity index (χ4v) is 4.05. The molecule has 1 aromatic rings. The largest absolute Gasteiger partial charge is 0.490 e. The Morgan fingerprint density at radius 2 is 1.76 bits per heavy atom. The van der Waals surface area contributed by atoms with Crippen molar-refractivity contribution in [2.75, 3.05) is 0 Å². The Morgan fingerprint density at radius 1 is 0.941 bits per heavy atom. The topological polar surface area (TPSA) is 9.23 Å². The molecule has 1 heteroatoms. The summed E-state index contributed by atoms with van der Waals surface area (Å²) in [7, 11) is 0. The first-order valence-electron chi connectivity index (χ1n) is 6.82. The highest BCUT2D eigenvalue weighted by Crippen LogP contribution is 2.54. The van der Waals surface area contributed by atoms with Gasteiger partial charge >= 0.3 is 0 Å². The molecule has 4 aliphatic carbocycles. The van der Waals surface area contributed by atoms with Crippen LogP contribution < -0.4 is 4.74 Å². The molecule has 4 aliphatic rings. The number of allylic oxidation sites excluding steroid dienone is 2. The molecule has 5 rings (SSSR count). The zero-order chi connectivity index (χ0) is 11.2. The van der Waals surface area contributed by atoms with Crippen LogP contribution in [-0.4, -0.2) is 6.10 Å². The van der Waals surface area contributed by atoms with Gasteiger partial charge in [-0.1, -0.05) is 30.4 Å². The van der Waals surface area contributed by atoms with E-state index in [0.29, 0.717) is 6.10 Å². The molecule has 0 N–H and O–H groups in total. The molecule has 17 heavy (non-hydrogen) atoms. The third-order valence-electron chi connectivity index (χ3n) is 4.95. The Balaban J connectivity index is 1.55. The number of ether oxygens (including phenoxy) is 1. The molecule has 0 saturated heterocycles. The van der Waals surface area contributed by atoms with Crippen LogP contribution in [0.25, 0.3) is 0 Å². The normalized spacial score (nSPS) is 41.8. The first kappa shape index (κ1) is 9.76. The number of fused-ring (bicyclic) bond motifs is 2. The van der Waals surface area contributed by atoms with E-state index in [-0.39, 0.29) is 0 Å². The maximum atomic E-state index is 6.21. The molecule has 1 aromatic carbocycles. The summed E-state index contributed by atoms with van der Waals surface area (Å²) in [6.45, 7) is 0. The lowest BCUT2D eigenvalue weighted by molar-refractivity contribution is -0.0426. The van der Waals surface area contributed by atoms with E-state index in [2.05, 4.69) is 36.4 Å². The van der Waals surface area contributed by atoms with Gasteiger partial charge in [-0.2, -0.15) is 0 Å². The Morgan fingerprint density at radius 3 is 2.47 bits per heavy atom. The predicted octanol–water partition coefficient (Wildman–Crippen LogP) is 3.67. The van der Waals surface area contributed by atoms with Gasteiger partial charge in [0.15, 0.2) is 0 Å². The quantitative estimate of drug-likeness (QED) is 0.699. The molecule has 1 nitrogen and oxygen atoms in total. The lowest BCUT2D eigenvalue weighted by atomic mass is 9.53. The highest BCUT2D eigenvalue weighted by Gasteiger charge is 2.50. The zero-order valence-corrected chi connectivity index (χ0v) is 9.96. The molecule has 0 aromatic heterocycles. The van der Waals surface area contributed by atoms with E-state index in [1.807, 2.05) is 6.07 Å². The summed E-state index contributed by atoms with van der Waals surface area (Å²) < 4.78 is 6.21. The molecule has 3 fully saturated rings. The van der Waals surface area contributed by atoms with Crippen molar-refractivity contribution >= 4 is 0 Å².